The number of rotatable bonds is 3. The van der Waals surface area contributed by atoms with E-state index in [4.69, 9.17) is 28.9 Å². The van der Waals surface area contributed by atoms with E-state index in [0.717, 1.165) is 10.0 Å². The van der Waals surface area contributed by atoms with Crippen molar-refractivity contribution in [1.82, 2.24) is 5.32 Å². The van der Waals surface area contributed by atoms with Crippen molar-refractivity contribution in [2.45, 2.75) is 6.54 Å². The molecule has 0 atom stereocenters. The molecule has 0 spiro atoms. The number of nitrogens with two attached hydrogens (primary N) is 1. The van der Waals surface area contributed by atoms with Gasteiger partial charge in [-0.1, -0.05) is 57.3 Å². The van der Waals surface area contributed by atoms with Crippen LogP contribution < -0.4 is 11.1 Å². The normalized spacial score (nSPS) is 10.3. The average Bonchev–Trinajstić information content (AvgIpc) is 2.43. The van der Waals surface area contributed by atoms with E-state index in [1.54, 1.807) is 0 Å². The monoisotopic (exact) mass is 372 g/mol. The third-order valence-electron chi connectivity index (χ3n) is 2.74. The summed E-state index contributed by atoms with van der Waals surface area (Å²) in [5, 5.41) is 3.34. The van der Waals surface area contributed by atoms with Crippen LogP contribution in [-0.4, -0.2) is 5.91 Å². The smallest absolute Gasteiger partial charge is 0.251 e. The van der Waals surface area contributed by atoms with E-state index in [0.29, 0.717) is 12.1 Å². The lowest BCUT2D eigenvalue weighted by Gasteiger charge is -2.09. The van der Waals surface area contributed by atoms with Crippen molar-refractivity contribution in [2.24, 2.45) is 0 Å². The number of anilines is 1. The summed E-state index contributed by atoms with van der Waals surface area (Å²) in [7, 11) is 0. The maximum absolute atomic E-state index is 12.1. The fraction of sp³-hybridized carbons (Fsp3) is 0.0714. The summed E-state index contributed by atoms with van der Waals surface area (Å²) < 4.78 is 0.939. The summed E-state index contributed by atoms with van der Waals surface area (Å²) in [5.74, 6) is -0.260. The molecule has 6 heteroatoms. The Bertz CT molecular complexity index is 638. The fourth-order valence-corrected chi connectivity index (χ4v) is 2.55. The Hall–Kier alpha value is -1.23. The van der Waals surface area contributed by atoms with Gasteiger partial charge in [0.05, 0.1) is 15.7 Å². The largest absolute Gasteiger partial charge is 0.396 e. The van der Waals surface area contributed by atoms with E-state index in [9.17, 15) is 4.79 Å². The Labute approximate surface area is 135 Å². The fourth-order valence-electron chi connectivity index (χ4n) is 1.63. The van der Waals surface area contributed by atoms with Crippen LogP contribution in [0, 0.1) is 0 Å². The van der Waals surface area contributed by atoms with Crippen molar-refractivity contribution in [3.8, 4) is 0 Å². The van der Waals surface area contributed by atoms with Crippen LogP contribution in [-0.2, 0) is 6.54 Å². The number of halogens is 3. The van der Waals surface area contributed by atoms with Crippen LogP contribution in [0.15, 0.2) is 40.9 Å². The Kier molecular flexibility index (Phi) is 4.91. The molecule has 0 unspecified atom stereocenters. The molecule has 0 aliphatic carbocycles. The second-order valence-electron chi connectivity index (χ2n) is 4.13. The van der Waals surface area contributed by atoms with Gasteiger partial charge in [0.25, 0.3) is 5.91 Å². The number of nitrogen functional groups attached to an aromatic ring is 1. The highest BCUT2D eigenvalue weighted by Gasteiger charge is 2.11. The van der Waals surface area contributed by atoms with Gasteiger partial charge in [0.15, 0.2) is 0 Å². The predicted molar refractivity (Wildman–Crippen MR) is 86.2 cm³/mol. The van der Waals surface area contributed by atoms with Crippen molar-refractivity contribution in [2.75, 3.05) is 5.73 Å². The van der Waals surface area contributed by atoms with E-state index >= 15 is 0 Å². The zero-order valence-corrected chi connectivity index (χ0v) is 13.4. The number of amides is 1. The Morgan fingerprint density at radius 2 is 1.80 bits per heavy atom. The molecular formula is C14H11BrCl2N2O. The molecule has 2 rings (SSSR count). The van der Waals surface area contributed by atoms with Gasteiger partial charge in [-0.3, -0.25) is 4.79 Å². The minimum atomic E-state index is -0.260. The van der Waals surface area contributed by atoms with Gasteiger partial charge < -0.3 is 11.1 Å². The summed E-state index contributed by atoms with van der Waals surface area (Å²) in [5.41, 5.74) is 7.26. The lowest BCUT2D eigenvalue weighted by Crippen LogP contribution is -2.23. The number of hydrogen-bond donors (Lipinski definition) is 2. The second-order valence-corrected chi connectivity index (χ2v) is 5.80. The Balaban J connectivity index is 2.11. The zero-order valence-electron chi connectivity index (χ0n) is 10.3. The average molecular weight is 374 g/mol. The molecule has 0 saturated heterocycles. The second kappa shape index (κ2) is 6.48. The third-order valence-corrected chi connectivity index (χ3v) is 4.14. The van der Waals surface area contributed by atoms with Crippen LogP contribution in [0.5, 0.6) is 0 Å². The zero-order chi connectivity index (χ0) is 14.7. The van der Waals surface area contributed by atoms with Crippen LogP contribution in [0.3, 0.4) is 0 Å². The summed E-state index contributed by atoms with van der Waals surface area (Å²) in [6.45, 7) is 0.403. The number of benzene rings is 2. The van der Waals surface area contributed by atoms with Gasteiger partial charge >= 0.3 is 0 Å². The van der Waals surface area contributed by atoms with Crippen molar-refractivity contribution in [1.29, 1.82) is 0 Å². The molecule has 0 aliphatic heterocycles. The molecule has 2 aromatic carbocycles. The van der Waals surface area contributed by atoms with E-state index in [1.807, 2.05) is 24.3 Å². The number of nitrogens with one attached hydrogen (secondary N) is 1. The van der Waals surface area contributed by atoms with Crippen molar-refractivity contribution in [3.05, 3.63) is 62.0 Å². The Morgan fingerprint density at radius 3 is 2.40 bits per heavy atom. The van der Waals surface area contributed by atoms with Crippen molar-refractivity contribution < 1.29 is 4.79 Å². The quantitative estimate of drug-likeness (QED) is 0.789. The standard InChI is InChI=1S/C14H11BrCl2N2O/c15-10-4-2-1-3-8(10)7-19-14(20)9-5-11(16)13(18)12(17)6-9/h1-6H,7,18H2,(H,19,20). The van der Waals surface area contributed by atoms with Gasteiger partial charge in [0.2, 0.25) is 0 Å². The van der Waals surface area contributed by atoms with Gasteiger partial charge in [-0.2, -0.15) is 0 Å². The molecule has 3 nitrogen and oxygen atoms in total. The van der Waals surface area contributed by atoms with Gasteiger partial charge in [-0.15, -0.1) is 0 Å². The number of carbonyl (C=O) groups is 1. The topological polar surface area (TPSA) is 55.1 Å². The van der Waals surface area contributed by atoms with Gasteiger partial charge in [0.1, 0.15) is 0 Å². The molecule has 104 valence electrons. The van der Waals surface area contributed by atoms with E-state index in [1.165, 1.54) is 12.1 Å². The maximum atomic E-state index is 12.1. The Morgan fingerprint density at radius 1 is 1.20 bits per heavy atom. The lowest BCUT2D eigenvalue weighted by molar-refractivity contribution is 0.0951. The van der Waals surface area contributed by atoms with Gasteiger partial charge in [-0.05, 0) is 23.8 Å². The lowest BCUT2D eigenvalue weighted by atomic mass is 10.1. The van der Waals surface area contributed by atoms with E-state index < -0.39 is 0 Å². The molecule has 1 amide bonds. The van der Waals surface area contributed by atoms with Crippen molar-refractivity contribution in [3.63, 3.8) is 0 Å². The van der Waals surface area contributed by atoms with Crippen LogP contribution in [0.4, 0.5) is 5.69 Å². The molecule has 0 saturated carbocycles. The molecule has 20 heavy (non-hydrogen) atoms. The van der Waals surface area contributed by atoms with Crippen LogP contribution >= 0.6 is 39.1 Å². The predicted octanol–water partition coefficient (Wildman–Crippen LogP) is 4.27. The first-order valence-electron chi connectivity index (χ1n) is 5.75. The molecule has 0 fully saturated rings. The summed E-state index contributed by atoms with van der Waals surface area (Å²) in [4.78, 5) is 12.1. The molecule has 0 aromatic heterocycles. The highest BCUT2D eigenvalue weighted by atomic mass is 79.9. The molecule has 3 N–H and O–H groups in total. The minimum Gasteiger partial charge on any atom is -0.396 e. The molecule has 0 bridgehead atoms. The third kappa shape index (κ3) is 3.45. The highest BCUT2D eigenvalue weighted by Crippen LogP contribution is 2.28. The highest BCUT2D eigenvalue weighted by molar-refractivity contribution is 9.10. The molecular weight excluding hydrogens is 363 g/mol. The van der Waals surface area contributed by atoms with Crippen LogP contribution in [0.1, 0.15) is 15.9 Å². The van der Waals surface area contributed by atoms with E-state index in [2.05, 4.69) is 21.2 Å². The van der Waals surface area contributed by atoms with Crippen LogP contribution in [0.2, 0.25) is 10.0 Å². The van der Waals surface area contributed by atoms with Gasteiger partial charge in [0, 0.05) is 16.6 Å². The first-order valence-corrected chi connectivity index (χ1v) is 7.30. The number of carbonyl (C=O) groups excluding carboxylic acids is 1. The minimum absolute atomic E-state index is 0.260. The summed E-state index contributed by atoms with van der Waals surface area (Å²) in [6, 6.07) is 10.7. The summed E-state index contributed by atoms with van der Waals surface area (Å²) in [6.07, 6.45) is 0. The number of hydrogen-bond acceptors (Lipinski definition) is 2. The van der Waals surface area contributed by atoms with Crippen molar-refractivity contribution >= 4 is 50.7 Å². The summed E-state index contributed by atoms with van der Waals surface area (Å²) >= 11 is 15.2. The maximum Gasteiger partial charge on any atom is 0.251 e. The molecule has 0 heterocycles. The SMILES string of the molecule is Nc1c(Cl)cc(C(=O)NCc2ccccc2Br)cc1Cl. The first-order chi connectivity index (χ1) is 9.49. The molecule has 0 radical (unpaired) electrons. The van der Waals surface area contributed by atoms with E-state index in [-0.39, 0.29) is 21.6 Å². The first kappa shape index (κ1) is 15.2. The molecule has 0 aliphatic rings. The molecule has 2 aromatic rings. The van der Waals surface area contributed by atoms with Crippen LogP contribution in [0.25, 0.3) is 0 Å². The van der Waals surface area contributed by atoms with Gasteiger partial charge in [-0.25, -0.2) is 0 Å².